The Labute approximate surface area is 194 Å². The second-order valence-corrected chi connectivity index (χ2v) is 10.0. The molecule has 1 aliphatic rings. The zero-order valence-electron chi connectivity index (χ0n) is 16.1. The number of hydrogen-bond acceptors (Lipinski definition) is 4. The van der Waals surface area contributed by atoms with Crippen LogP contribution in [0.5, 0.6) is 0 Å². The Morgan fingerprint density at radius 1 is 0.968 bits per heavy atom. The van der Waals surface area contributed by atoms with Crippen LogP contribution in [0.1, 0.15) is 10.4 Å². The van der Waals surface area contributed by atoms with Crippen LogP contribution in [0.4, 0.5) is 0 Å². The van der Waals surface area contributed by atoms with Gasteiger partial charge in [0.2, 0.25) is 10.0 Å². The quantitative estimate of drug-likeness (QED) is 0.544. The molecule has 0 radical (unpaired) electrons. The molecule has 1 fully saturated rings. The van der Waals surface area contributed by atoms with Gasteiger partial charge < -0.3 is 4.90 Å². The lowest BCUT2D eigenvalue weighted by molar-refractivity contribution is 0.0698. The van der Waals surface area contributed by atoms with Crippen molar-refractivity contribution in [3.05, 3.63) is 75.5 Å². The molecule has 0 spiro atoms. The third kappa shape index (κ3) is 4.44. The van der Waals surface area contributed by atoms with E-state index in [0.717, 1.165) is 5.69 Å². The number of nitrogens with zero attached hydrogens (tertiary/aromatic N) is 4. The maximum atomic E-state index is 12.9. The molecule has 0 aliphatic carbocycles. The van der Waals surface area contributed by atoms with Crippen molar-refractivity contribution in [2.45, 2.75) is 4.90 Å². The molecule has 31 heavy (non-hydrogen) atoms. The van der Waals surface area contributed by atoms with E-state index in [-0.39, 0.29) is 47.0 Å². The number of carbonyl (C=O) groups is 1. The van der Waals surface area contributed by atoms with Crippen LogP contribution in [-0.2, 0) is 10.0 Å². The summed E-state index contributed by atoms with van der Waals surface area (Å²) >= 11 is 18.1. The fourth-order valence-corrected chi connectivity index (χ4v) is 5.67. The van der Waals surface area contributed by atoms with Crippen LogP contribution in [0, 0.1) is 0 Å². The van der Waals surface area contributed by atoms with E-state index in [9.17, 15) is 13.2 Å². The summed E-state index contributed by atoms with van der Waals surface area (Å²) in [6, 6.07) is 11.6. The van der Waals surface area contributed by atoms with Crippen molar-refractivity contribution in [2.24, 2.45) is 0 Å². The predicted octanol–water partition coefficient (Wildman–Crippen LogP) is 3.98. The highest BCUT2D eigenvalue weighted by Crippen LogP contribution is 2.31. The number of benzene rings is 2. The van der Waals surface area contributed by atoms with Crippen LogP contribution in [-0.4, -0.2) is 59.5 Å². The van der Waals surface area contributed by atoms with Gasteiger partial charge in [-0.3, -0.25) is 4.79 Å². The fourth-order valence-electron chi connectivity index (χ4n) is 3.33. The SMILES string of the molecule is O=C(c1cnn(-c2cccc(Cl)c2)c1)N1CCN(S(=O)(=O)c2cccc(Cl)c2Cl)CC1. The van der Waals surface area contributed by atoms with Crippen LogP contribution in [0.25, 0.3) is 5.69 Å². The molecule has 162 valence electrons. The molecule has 0 atom stereocenters. The third-order valence-corrected chi connectivity index (χ3v) is 8.07. The second-order valence-electron chi connectivity index (χ2n) is 6.90. The van der Waals surface area contributed by atoms with Crippen molar-refractivity contribution < 1.29 is 13.2 Å². The number of rotatable bonds is 4. The minimum Gasteiger partial charge on any atom is -0.336 e. The summed E-state index contributed by atoms with van der Waals surface area (Å²) in [5.41, 5.74) is 1.15. The molecule has 2 heterocycles. The van der Waals surface area contributed by atoms with Gasteiger partial charge in [-0.25, -0.2) is 13.1 Å². The van der Waals surface area contributed by atoms with E-state index in [1.807, 2.05) is 6.07 Å². The summed E-state index contributed by atoms with van der Waals surface area (Å²) in [6.45, 7) is 0.801. The minimum absolute atomic E-state index is 0.00361. The van der Waals surface area contributed by atoms with E-state index in [0.29, 0.717) is 10.6 Å². The first-order valence-electron chi connectivity index (χ1n) is 9.31. The average Bonchev–Trinajstić information content (AvgIpc) is 3.25. The van der Waals surface area contributed by atoms with Crippen molar-refractivity contribution in [3.63, 3.8) is 0 Å². The molecule has 0 N–H and O–H groups in total. The lowest BCUT2D eigenvalue weighted by Gasteiger charge is -2.34. The lowest BCUT2D eigenvalue weighted by Crippen LogP contribution is -2.50. The first-order valence-corrected chi connectivity index (χ1v) is 11.9. The fraction of sp³-hybridized carbons (Fsp3) is 0.200. The zero-order valence-corrected chi connectivity index (χ0v) is 19.2. The van der Waals surface area contributed by atoms with Gasteiger partial charge in [0.05, 0.1) is 27.5 Å². The number of piperazine rings is 1. The highest BCUT2D eigenvalue weighted by molar-refractivity contribution is 7.89. The predicted molar refractivity (Wildman–Crippen MR) is 120 cm³/mol. The number of amides is 1. The van der Waals surface area contributed by atoms with E-state index < -0.39 is 10.0 Å². The van der Waals surface area contributed by atoms with Crippen molar-refractivity contribution in [1.82, 2.24) is 19.0 Å². The van der Waals surface area contributed by atoms with Gasteiger partial charge in [0, 0.05) is 37.4 Å². The molecule has 3 aromatic rings. The van der Waals surface area contributed by atoms with Crippen LogP contribution in [0.15, 0.2) is 59.8 Å². The first kappa shape index (κ1) is 22.1. The molecule has 1 amide bonds. The second kappa shape index (κ2) is 8.80. The summed E-state index contributed by atoms with van der Waals surface area (Å²) in [4.78, 5) is 14.4. The topological polar surface area (TPSA) is 75.5 Å². The van der Waals surface area contributed by atoms with Gasteiger partial charge in [-0.1, -0.05) is 46.9 Å². The van der Waals surface area contributed by atoms with E-state index in [2.05, 4.69) is 5.10 Å². The summed E-state index contributed by atoms with van der Waals surface area (Å²) in [5.74, 6) is -0.217. The standard InChI is InChI=1S/C20H17Cl3N4O3S/c21-15-3-1-4-16(11-15)27-13-14(12-24-27)20(28)25-7-9-26(10-8-25)31(29,30)18-6-2-5-17(22)19(18)23/h1-6,11-13H,7-10H2. The Balaban J connectivity index is 1.45. The number of hydrogen-bond donors (Lipinski definition) is 0. The molecule has 1 saturated heterocycles. The summed E-state index contributed by atoms with van der Waals surface area (Å²) < 4.78 is 28.8. The minimum atomic E-state index is -3.81. The number of carbonyl (C=O) groups excluding carboxylic acids is 1. The van der Waals surface area contributed by atoms with Gasteiger partial charge in [0.1, 0.15) is 4.90 Å². The van der Waals surface area contributed by atoms with Crippen LogP contribution >= 0.6 is 34.8 Å². The summed E-state index contributed by atoms with van der Waals surface area (Å²) in [7, 11) is -3.81. The maximum Gasteiger partial charge on any atom is 0.257 e. The Kier molecular flexibility index (Phi) is 6.27. The van der Waals surface area contributed by atoms with Crippen LogP contribution in [0.2, 0.25) is 15.1 Å². The van der Waals surface area contributed by atoms with Crippen LogP contribution in [0.3, 0.4) is 0 Å². The van der Waals surface area contributed by atoms with Gasteiger partial charge in [-0.2, -0.15) is 9.40 Å². The maximum absolute atomic E-state index is 12.9. The Morgan fingerprint density at radius 3 is 2.39 bits per heavy atom. The summed E-state index contributed by atoms with van der Waals surface area (Å²) in [6.07, 6.45) is 3.11. The number of sulfonamides is 1. The molecule has 0 bridgehead atoms. The number of halogens is 3. The van der Waals surface area contributed by atoms with Crippen molar-refractivity contribution >= 4 is 50.7 Å². The molecule has 0 saturated carbocycles. The highest BCUT2D eigenvalue weighted by Gasteiger charge is 2.32. The van der Waals surface area contributed by atoms with Gasteiger partial charge in [-0.15, -0.1) is 0 Å². The molecule has 11 heteroatoms. The van der Waals surface area contributed by atoms with Gasteiger partial charge >= 0.3 is 0 Å². The summed E-state index contributed by atoms with van der Waals surface area (Å²) in [5, 5.41) is 4.97. The average molecular weight is 500 g/mol. The molecular formula is C20H17Cl3N4O3S. The molecule has 1 aliphatic heterocycles. The largest absolute Gasteiger partial charge is 0.336 e. The Bertz CT molecular complexity index is 1240. The van der Waals surface area contributed by atoms with Gasteiger partial charge in [0.25, 0.3) is 5.91 Å². The zero-order chi connectivity index (χ0) is 22.2. The van der Waals surface area contributed by atoms with E-state index in [1.54, 1.807) is 40.0 Å². The Hall–Kier alpha value is -2.10. The molecule has 0 unspecified atom stereocenters. The molecule has 1 aromatic heterocycles. The normalized spacial score (nSPS) is 15.3. The van der Waals surface area contributed by atoms with Crippen LogP contribution < -0.4 is 0 Å². The van der Waals surface area contributed by atoms with Crippen molar-refractivity contribution in [1.29, 1.82) is 0 Å². The molecule has 2 aromatic carbocycles. The molecular weight excluding hydrogens is 483 g/mol. The van der Waals surface area contributed by atoms with E-state index >= 15 is 0 Å². The highest BCUT2D eigenvalue weighted by atomic mass is 35.5. The smallest absolute Gasteiger partial charge is 0.257 e. The monoisotopic (exact) mass is 498 g/mol. The Morgan fingerprint density at radius 2 is 1.68 bits per heavy atom. The first-order chi connectivity index (χ1) is 14.8. The van der Waals surface area contributed by atoms with Crippen molar-refractivity contribution in [2.75, 3.05) is 26.2 Å². The molecule has 7 nitrogen and oxygen atoms in total. The number of aromatic nitrogens is 2. The van der Waals surface area contributed by atoms with E-state index in [1.165, 1.54) is 22.6 Å². The van der Waals surface area contributed by atoms with Gasteiger partial charge in [-0.05, 0) is 30.3 Å². The third-order valence-electron chi connectivity index (χ3n) is 4.96. The lowest BCUT2D eigenvalue weighted by atomic mass is 10.2. The van der Waals surface area contributed by atoms with Gasteiger partial charge in [0.15, 0.2) is 0 Å². The molecule has 4 rings (SSSR count). The van der Waals surface area contributed by atoms with E-state index in [4.69, 9.17) is 34.8 Å². The van der Waals surface area contributed by atoms with Crippen molar-refractivity contribution in [3.8, 4) is 5.69 Å².